The first kappa shape index (κ1) is 11.1. The second-order valence-electron chi connectivity index (χ2n) is 2.46. The van der Waals surface area contributed by atoms with E-state index < -0.39 is 0 Å². The van der Waals surface area contributed by atoms with Gasteiger partial charge in [-0.15, -0.1) is 18.3 Å². The van der Waals surface area contributed by atoms with E-state index in [9.17, 15) is 0 Å². The molecule has 0 heterocycles. The number of ether oxygens (including phenoxy) is 1. The molecule has 1 heteroatoms. The van der Waals surface area contributed by atoms with Gasteiger partial charge < -0.3 is 4.74 Å². The highest BCUT2D eigenvalue weighted by molar-refractivity contribution is 4.98. The summed E-state index contributed by atoms with van der Waals surface area (Å²) in [6.07, 6.45) is 9.20. The third-order valence-electron chi connectivity index (χ3n) is 1.34. The van der Waals surface area contributed by atoms with Crippen molar-refractivity contribution >= 4 is 0 Å². The van der Waals surface area contributed by atoms with Crippen molar-refractivity contribution in [3.63, 3.8) is 0 Å². The maximum atomic E-state index is 5.05. The topological polar surface area (TPSA) is 9.23 Å². The molecule has 0 aromatic carbocycles. The molecular formula is C11H16O. The molecule has 0 spiro atoms. The molecule has 12 heavy (non-hydrogen) atoms. The van der Waals surface area contributed by atoms with E-state index in [2.05, 4.69) is 24.7 Å². The lowest BCUT2D eigenvalue weighted by atomic mass is 10.2. The monoisotopic (exact) mass is 164 g/mol. The van der Waals surface area contributed by atoms with Gasteiger partial charge in [0.15, 0.2) is 0 Å². The molecule has 0 bridgehead atoms. The summed E-state index contributed by atoms with van der Waals surface area (Å²) < 4.78 is 5.05. The summed E-state index contributed by atoms with van der Waals surface area (Å²) in [6.45, 7) is 3.22. The second-order valence-corrected chi connectivity index (χ2v) is 2.46. The Bertz CT molecular complexity index is 177. The summed E-state index contributed by atoms with van der Waals surface area (Å²) in [5.74, 6) is 8.53. The lowest BCUT2D eigenvalue weighted by Crippen LogP contribution is -1.92. The largest absolute Gasteiger partial charge is 0.368 e. The zero-order chi connectivity index (χ0) is 9.07. The van der Waals surface area contributed by atoms with Crippen LogP contribution in [0.3, 0.4) is 0 Å². The molecule has 0 aliphatic carbocycles. The van der Waals surface area contributed by atoms with Crippen molar-refractivity contribution in [3.8, 4) is 24.2 Å². The van der Waals surface area contributed by atoms with Crippen LogP contribution in [-0.4, -0.2) is 13.2 Å². The highest BCUT2D eigenvalue weighted by Gasteiger charge is 1.80. The summed E-state index contributed by atoms with van der Waals surface area (Å²) in [6, 6.07) is 0. The van der Waals surface area contributed by atoms with Crippen LogP contribution in [-0.2, 0) is 4.74 Å². The van der Waals surface area contributed by atoms with Crippen molar-refractivity contribution in [1.29, 1.82) is 0 Å². The van der Waals surface area contributed by atoms with Gasteiger partial charge in [0.25, 0.3) is 0 Å². The summed E-state index contributed by atoms with van der Waals surface area (Å²) in [5, 5.41) is 0. The molecule has 0 saturated carbocycles. The Morgan fingerprint density at radius 2 is 2.00 bits per heavy atom. The standard InChI is InChI=1S/C11H16O/c1-3-5-6-7-8-9-11-12-10-4-2/h2H,3,5-6,9-11H2,1H3. The molecule has 0 aliphatic rings. The fourth-order valence-corrected chi connectivity index (χ4v) is 0.696. The molecule has 0 rings (SSSR count). The predicted molar refractivity (Wildman–Crippen MR) is 51.6 cm³/mol. The van der Waals surface area contributed by atoms with Gasteiger partial charge in [-0.25, -0.2) is 0 Å². The first-order valence-electron chi connectivity index (χ1n) is 4.38. The lowest BCUT2D eigenvalue weighted by Gasteiger charge is -1.92. The molecule has 1 nitrogen and oxygen atoms in total. The van der Waals surface area contributed by atoms with E-state index in [1.165, 1.54) is 12.8 Å². The highest BCUT2D eigenvalue weighted by Crippen LogP contribution is 1.90. The van der Waals surface area contributed by atoms with Gasteiger partial charge in [0.05, 0.1) is 6.61 Å². The van der Waals surface area contributed by atoms with E-state index in [4.69, 9.17) is 11.2 Å². The van der Waals surface area contributed by atoms with Gasteiger partial charge in [-0.2, -0.15) is 0 Å². The maximum absolute atomic E-state index is 5.05. The molecule has 0 fully saturated rings. The Hall–Kier alpha value is -0.920. The molecule has 0 N–H and O–H groups in total. The molecule has 0 aromatic heterocycles. The Balaban J connectivity index is 3.06. The fourth-order valence-electron chi connectivity index (χ4n) is 0.696. The maximum Gasteiger partial charge on any atom is 0.107 e. The third-order valence-corrected chi connectivity index (χ3v) is 1.34. The Labute approximate surface area is 75.5 Å². The minimum Gasteiger partial charge on any atom is -0.368 e. The normalized spacial score (nSPS) is 8.33. The van der Waals surface area contributed by atoms with E-state index in [-0.39, 0.29) is 0 Å². The molecule has 0 saturated heterocycles. The van der Waals surface area contributed by atoms with Crippen LogP contribution < -0.4 is 0 Å². The third kappa shape index (κ3) is 9.08. The fraction of sp³-hybridized carbons (Fsp3) is 0.636. The van der Waals surface area contributed by atoms with E-state index >= 15 is 0 Å². The molecular weight excluding hydrogens is 148 g/mol. The number of rotatable bonds is 5. The lowest BCUT2D eigenvalue weighted by molar-refractivity contribution is 0.174. The van der Waals surface area contributed by atoms with Crippen LogP contribution in [0.15, 0.2) is 0 Å². The minimum absolute atomic E-state index is 0.399. The van der Waals surface area contributed by atoms with Gasteiger partial charge in [-0.05, 0) is 6.42 Å². The first-order chi connectivity index (χ1) is 5.91. The first-order valence-corrected chi connectivity index (χ1v) is 4.38. The predicted octanol–water partition coefficient (Wildman–Crippen LogP) is 2.22. The van der Waals surface area contributed by atoms with Crippen LogP contribution in [0.25, 0.3) is 0 Å². The van der Waals surface area contributed by atoms with Gasteiger partial charge >= 0.3 is 0 Å². The Morgan fingerprint density at radius 1 is 1.25 bits per heavy atom. The van der Waals surface area contributed by atoms with Crippen molar-refractivity contribution < 1.29 is 4.74 Å². The van der Waals surface area contributed by atoms with Gasteiger partial charge in [-0.1, -0.05) is 19.3 Å². The van der Waals surface area contributed by atoms with Gasteiger partial charge in [0, 0.05) is 12.8 Å². The smallest absolute Gasteiger partial charge is 0.107 e. The van der Waals surface area contributed by atoms with Crippen molar-refractivity contribution in [2.45, 2.75) is 32.6 Å². The number of terminal acetylenes is 1. The summed E-state index contributed by atoms with van der Waals surface area (Å²) in [4.78, 5) is 0. The van der Waals surface area contributed by atoms with Crippen molar-refractivity contribution in [2.24, 2.45) is 0 Å². The van der Waals surface area contributed by atoms with Crippen molar-refractivity contribution in [2.75, 3.05) is 13.2 Å². The second kappa shape index (κ2) is 10.1. The molecule has 0 radical (unpaired) electrons. The van der Waals surface area contributed by atoms with Crippen LogP contribution in [0.2, 0.25) is 0 Å². The Kier molecular flexibility index (Phi) is 9.31. The van der Waals surface area contributed by atoms with E-state index in [1.807, 2.05) is 0 Å². The number of unbranched alkanes of at least 4 members (excludes halogenated alkanes) is 2. The SMILES string of the molecule is C#CCOCCC#CCCCC. The zero-order valence-corrected chi connectivity index (χ0v) is 7.73. The van der Waals surface area contributed by atoms with Crippen LogP contribution >= 0.6 is 0 Å². The van der Waals surface area contributed by atoms with Gasteiger partial charge in [-0.3, -0.25) is 0 Å². The molecule has 66 valence electrons. The van der Waals surface area contributed by atoms with Crippen LogP contribution in [0.5, 0.6) is 0 Å². The summed E-state index contributed by atoms with van der Waals surface area (Å²) >= 11 is 0. The zero-order valence-electron chi connectivity index (χ0n) is 7.73. The average Bonchev–Trinajstić information content (AvgIpc) is 2.10. The quantitative estimate of drug-likeness (QED) is 0.447. The van der Waals surface area contributed by atoms with Crippen molar-refractivity contribution in [1.82, 2.24) is 0 Å². The number of hydrogen-bond acceptors (Lipinski definition) is 1. The summed E-state index contributed by atoms with van der Waals surface area (Å²) in [7, 11) is 0. The van der Waals surface area contributed by atoms with Crippen LogP contribution in [0.1, 0.15) is 32.6 Å². The summed E-state index contributed by atoms with van der Waals surface area (Å²) in [5.41, 5.74) is 0. The minimum atomic E-state index is 0.399. The van der Waals surface area contributed by atoms with Crippen LogP contribution in [0, 0.1) is 24.2 Å². The average molecular weight is 164 g/mol. The Morgan fingerprint density at radius 3 is 2.67 bits per heavy atom. The molecule has 0 atom stereocenters. The molecule has 0 aromatic rings. The number of hydrogen-bond donors (Lipinski definition) is 0. The van der Waals surface area contributed by atoms with Gasteiger partial charge in [0.2, 0.25) is 0 Å². The molecule has 0 aliphatic heterocycles. The molecule has 0 amide bonds. The van der Waals surface area contributed by atoms with E-state index in [1.54, 1.807) is 0 Å². The highest BCUT2D eigenvalue weighted by atomic mass is 16.5. The van der Waals surface area contributed by atoms with Crippen molar-refractivity contribution in [3.05, 3.63) is 0 Å². The van der Waals surface area contributed by atoms with E-state index in [0.717, 1.165) is 12.8 Å². The van der Waals surface area contributed by atoms with Gasteiger partial charge in [0.1, 0.15) is 6.61 Å². The van der Waals surface area contributed by atoms with Crippen LogP contribution in [0.4, 0.5) is 0 Å². The van der Waals surface area contributed by atoms with E-state index in [0.29, 0.717) is 13.2 Å². The molecule has 0 unspecified atom stereocenters.